The van der Waals surface area contributed by atoms with Gasteiger partial charge in [-0.15, -0.1) is 10.2 Å². The lowest BCUT2D eigenvalue weighted by molar-refractivity contribution is -0.117. The van der Waals surface area contributed by atoms with Gasteiger partial charge in [0.25, 0.3) is 5.91 Å². The van der Waals surface area contributed by atoms with Gasteiger partial charge in [0.1, 0.15) is 12.4 Å². The first-order valence-electron chi connectivity index (χ1n) is 14.7. The Hall–Kier alpha value is -4.87. The van der Waals surface area contributed by atoms with Crippen molar-refractivity contribution in [1.82, 2.24) is 10.2 Å². The molecule has 3 heterocycles. The molecule has 0 radical (unpaired) electrons. The lowest BCUT2D eigenvalue weighted by Gasteiger charge is -2.25. The number of ketones is 1. The number of aryl methyl sites for hydroxylation is 2. The predicted octanol–water partition coefficient (Wildman–Crippen LogP) is 7.80. The van der Waals surface area contributed by atoms with Crippen LogP contribution in [0.5, 0.6) is 11.5 Å². The van der Waals surface area contributed by atoms with Gasteiger partial charge in [-0.3, -0.25) is 14.5 Å². The summed E-state index contributed by atoms with van der Waals surface area (Å²) in [6.45, 7) is 6.29. The first-order valence-corrected chi connectivity index (χ1v) is 16.5. The minimum absolute atomic E-state index is 0.0122. The highest BCUT2D eigenvalue weighted by atomic mass is 32.2. The van der Waals surface area contributed by atoms with Crippen molar-refractivity contribution in [2.24, 2.45) is 0 Å². The number of anilines is 1. The number of nitrogens with zero attached hydrogens (tertiary/aromatic N) is 3. The molecule has 0 fully saturated rings. The van der Waals surface area contributed by atoms with E-state index >= 15 is 0 Å². The van der Waals surface area contributed by atoms with Crippen molar-refractivity contribution in [2.75, 3.05) is 11.5 Å². The zero-order valence-electron chi connectivity index (χ0n) is 25.4. The van der Waals surface area contributed by atoms with E-state index in [9.17, 15) is 14.7 Å². The third-order valence-electron chi connectivity index (χ3n) is 7.32. The maximum atomic E-state index is 13.8. The van der Waals surface area contributed by atoms with Crippen LogP contribution in [0.4, 0.5) is 5.13 Å². The van der Waals surface area contributed by atoms with Gasteiger partial charge in [0.2, 0.25) is 10.9 Å². The third-order valence-corrected chi connectivity index (χ3v) is 9.45. The first kappa shape index (κ1) is 31.1. The molecule has 234 valence electrons. The second-order valence-corrected chi connectivity index (χ2v) is 12.8. The molecule has 46 heavy (non-hydrogen) atoms. The van der Waals surface area contributed by atoms with Crippen LogP contribution in [0, 0.1) is 13.8 Å². The second kappa shape index (κ2) is 13.6. The van der Waals surface area contributed by atoms with Crippen LogP contribution < -0.4 is 14.4 Å². The average Bonchev–Trinajstić information content (AvgIpc) is 3.78. The van der Waals surface area contributed by atoms with Crippen LogP contribution in [0.3, 0.4) is 0 Å². The summed E-state index contributed by atoms with van der Waals surface area (Å²) >= 11 is 2.70. The number of Topliss-reactive ketones (excluding diaryl/α,β-unsaturated/α-hetero) is 1. The Morgan fingerprint density at radius 3 is 2.46 bits per heavy atom. The highest BCUT2D eigenvalue weighted by Gasteiger charge is 2.47. The minimum atomic E-state index is -1.03. The number of carbonyl (C=O) groups excluding carboxylic acids is 2. The van der Waals surface area contributed by atoms with E-state index in [-0.39, 0.29) is 16.5 Å². The molecule has 0 spiro atoms. The number of hydrogen-bond donors (Lipinski definition) is 1. The van der Waals surface area contributed by atoms with Gasteiger partial charge in [0.15, 0.2) is 27.4 Å². The van der Waals surface area contributed by atoms with E-state index in [0.717, 1.165) is 11.1 Å². The molecular weight excluding hydrogens is 623 g/mol. The third kappa shape index (κ3) is 6.56. The molecule has 3 aromatic carbocycles. The molecule has 1 N–H and O–H groups in total. The quantitative estimate of drug-likeness (QED) is 0.0818. The first-order chi connectivity index (χ1) is 22.3. The molecule has 9 nitrogen and oxygen atoms in total. The lowest BCUT2D eigenvalue weighted by Crippen LogP contribution is -2.31. The van der Waals surface area contributed by atoms with Crippen LogP contribution in [0.1, 0.15) is 51.5 Å². The van der Waals surface area contributed by atoms with Gasteiger partial charge in [-0.1, -0.05) is 89.3 Å². The van der Waals surface area contributed by atoms with Crippen LogP contribution in [0.15, 0.2) is 105 Å². The van der Waals surface area contributed by atoms with E-state index in [0.29, 0.717) is 46.1 Å². The van der Waals surface area contributed by atoms with Gasteiger partial charge < -0.3 is 19.0 Å². The fourth-order valence-electron chi connectivity index (χ4n) is 5.04. The number of hydrogen-bond acceptors (Lipinski definition) is 10. The summed E-state index contributed by atoms with van der Waals surface area (Å²) < 4.78 is 18.3. The summed E-state index contributed by atoms with van der Waals surface area (Å²) in [5, 5.41) is 20.1. The molecule has 11 heteroatoms. The molecule has 1 atom stereocenters. The molecule has 0 aliphatic carbocycles. The van der Waals surface area contributed by atoms with E-state index in [2.05, 4.69) is 34.5 Å². The Kier molecular flexibility index (Phi) is 9.23. The van der Waals surface area contributed by atoms with Crippen LogP contribution in [0.25, 0.3) is 0 Å². The molecule has 5 aromatic rings. The molecule has 0 bridgehead atoms. The van der Waals surface area contributed by atoms with Crippen molar-refractivity contribution < 1.29 is 28.6 Å². The van der Waals surface area contributed by atoms with Crippen LogP contribution in [-0.2, 0) is 17.2 Å². The summed E-state index contributed by atoms with van der Waals surface area (Å²) in [5.74, 6) is 0.102. The molecule has 2 aromatic heterocycles. The number of amides is 1. The SMILES string of the molecule is CCOc1cc(C2C(C(=O)c3ccc(C)o3)=C(O)C(=O)N2c2nnc(SCc3ccc(C)cc3)s2)ccc1OCc1ccccc1. The summed E-state index contributed by atoms with van der Waals surface area (Å²) in [6, 6.07) is 25.3. The van der Waals surface area contributed by atoms with Gasteiger partial charge in [-0.25, -0.2) is 0 Å². The largest absolute Gasteiger partial charge is 0.503 e. The lowest BCUT2D eigenvalue weighted by atomic mass is 9.95. The minimum Gasteiger partial charge on any atom is -0.503 e. The van der Waals surface area contributed by atoms with Crippen molar-refractivity contribution in [1.29, 1.82) is 0 Å². The van der Waals surface area contributed by atoms with Gasteiger partial charge in [0.05, 0.1) is 18.2 Å². The van der Waals surface area contributed by atoms with Crippen molar-refractivity contribution in [3.63, 3.8) is 0 Å². The fourth-order valence-corrected chi connectivity index (χ4v) is 6.87. The number of benzene rings is 3. The summed E-state index contributed by atoms with van der Waals surface area (Å²) in [4.78, 5) is 28.8. The zero-order valence-corrected chi connectivity index (χ0v) is 27.1. The Morgan fingerprint density at radius 2 is 1.74 bits per heavy atom. The van der Waals surface area contributed by atoms with Gasteiger partial charge >= 0.3 is 0 Å². The molecule has 6 rings (SSSR count). The van der Waals surface area contributed by atoms with E-state index in [1.165, 1.54) is 39.6 Å². The molecule has 1 amide bonds. The van der Waals surface area contributed by atoms with E-state index in [4.69, 9.17) is 13.9 Å². The van der Waals surface area contributed by atoms with Gasteiger partial charge in [-0.05, 0) is 61.7 Å². The van der Waals surface area contributed by atoms with Crippen molar-refractivity contribution in [3.8, 4) is 11.5 Å². The Labute approximate surface area is 274 Å². The van der Waals surface area contributed by atoms with Gasteiger partial charge in [0, 0.05) is 5.75 Å². The number of thioether (sulfide) groups is 1. The Balaban J connectivity index is 1.35. The van der Waals surface area contributed by atoms with E-state index < -0.39 is 23.5 Å². The monoisotopic (exact) mass is 653 g/mol. The van der Waals surface area contributed by atoms with Crippen molar-refractivity contribution in [2.45, 2.75) is 43.5 Å². The second-order valence-electron chi connectivity index (χ2n) is 10.6. The molecule has 0 saturated carbocycles. The number of aliphatic hydroxyl groups is 1. The summed E-state index contributed by atoms with van der Waals surface area (Å²) in [5.41, 5.74) is 3.69. The number of carbonyl (C=O) groups is 2. The van der Waals surface area contributed by atoms with Crippen molar-refractivity contribution >= 4 is 39.9 Å². The van der Waals surface area contributed by atoms with Crippen LogP contribution in [0.2, 0.25) is 0 Å². The summed E-state index contributed by atoms with van der Waals surface area (Å²) in [6.07, 6.45) is 0. The average molecular weight is 654 g/mol. The van der Waals surface area contributed by atoms with E-state index in [1.807, 2.05) is 44.2 Å². The number of aliphatic hydroxyl groups excluding tert-OH is 1. The molecule has 1 aliphatic rings. The topological polar surface area (TPSA) is 115 Å². The predicted molar refractivity (Wildman–Crippen MR) is 177 cm³/mol. The number of rotatable bonds is 12. The van der Waals surface area contributed by atoms with Crippen molar-refractivity contribution in [3.05, 3.63) is 130 Å². The highest BCUT2D eigenvalue weighted by molar-refractivity contribution is 8.00. The maximum absolute atomic E-state index is 13.8. The number of furan rings is 1. The normalized spacial score (nSPS) is 14.6. The standard InChI is InChI=1S/C35H31N3O6S2/c1-4-42-28-18-25(15-17-26(28)43-19-23-8-6-5-7-9-23)30-29(31(39)27-16-12-22(3)44-27)32(40)33(41)38(30)34-36-37-35(46-34)45-20-24-13-10-21(2)11-14-24/h5-18,30,40H,4,19-20H2,1-3H3. The van der Waals surface area contributed by atoms with Crippen LogP contribution >= 0.6 is 23.1 Å². The molecule has 1 unspecified atom stereocenters. The smallest absolute Gasteiger partial charge is 0.296 e. The molecular formula is C35H31N3O6S2. The Morgan fingerprint density at radius 1 is 0.957 bits per heavy atom. The maximum Gasteiger partial charge on any atom is 0.296 e. The zero-order chi connectivity index (χ0) is 32.2. The highest BCUT2D eigenvalue weighted by Crippen LogP contribution is 2.45. The van der Waals surface area contributed by atoms with Crippen LogP contribution in [-0.4, -0.2) is 33.6 Å². The summed E-state index contributed by atoms with van der Waals surface area (Å²) in [7, 11) is 0. The molecule has 0 saturated heterocycles. The fraction of sp³-hybridized carbons (Fsp3) is 0.200. The van der Waals surface area contributed by atoms with E-state index in [1.54, 1.807) is 31.2 Å². The number of ether oxygens (including phenoxy) is 2. The number of aromatic nitrogens is 2. The Bertz CT molecular complexity index is 1900. The molecule has 1 aliphatic heterocycles. The van der Waals surface area contributed by atoms with Gasteiger partial charge in [-0.2, -0.15) is 0 Å².